The molecule has 0 radical (unpaired) electrons. The van der Waals surface area contributed by atoms with Crippen molar-refractivity contribution in [3.8, 4) is 12.1 Å². The number of halogens is 2. The highest BCUT2D eigenvalue weighted by atomic mass is 19.1. The van der Waals surface area contributed by atoms with Gasteiger partial charge in [0.1, 0.15) is 34.9 Å². The van der Waals surface area contributed by atoms with E-state index in [9.17, 15) is 8.78 Å². The second-order valence-electron chi connectivity index (χ2n) is 2.00. The van der Waals surface area contributed by atoms with E-state index in [4.69, 9.17) is 10.5 Å². The van der Waals surface area contributed by atoms with Crippen LogP contribution in [0.4, 0.5) is 8.78 Å². The van der Waals surface area contributed by atoms with Gasteiger partial charge in [-0.1, -0.05) is 0 Å². The maximum absolute atomic E-state index is 12.7. The molecule has 0 fully saturated rings. The van der Waals surface area contributed by atoms with Crippen LogP contribution in [0.3, 0.4) is 0 Å². The molecule has 1 aromatic carbocycles. The third-order valence-electron chi connectivity index (χ3n) is 1.33. The molecule has 2 nitrogen and oxygen atoms in total. The lowest BCUT2D eigenvalue weighted by atomic mass is 10.1. The van der Waals surface area contributed by atoms with Gasteiger partial charge < -0.3 is 0 Å². The molecular formula is C8H2F2N2. The minimum absolute atomic E-state index is 0.544. The number of nitrogens with zero attached hydrogens (tertiary/aromatic N) is 2. The molecule has 0 N–H and O–H groups in total. The SMILES string of the molecule is N#Cc1c(F)ccc(F)c1C#N. The fourth-order valence-electron chi connectivity index (χ4n) is 0.770. The van der Waals surface area contributed by atoms with Crippen LogP contribution in [-0.2, 0) is 0 Å². The van der Waals surface area contributed by atoms with E-state index in [1.54, 1.807) is 0 Å². The van der Waals surface area contributed by atoms with Crippen molar-refractivity contribution >= 4 is 0 Å². The average Bonchev–Trinajstić information content (AvgIpc) is 2.08. The van der Waals surface area contributed by atoms with Crippen molar-refractivity contribution in [2.75, 3.05) is 0 Å². The van der Waals surface area contributed by atoms with Gasteiger partial charge in [0.25, 0.3) is 0 Å². The van der Waals surface area contributed by atoms with E-state index in [1.807, 2.05) is 0 Å². The van der Waals surface area contributed by atoms with Gasteiger partial charge in [-0.2, -0.15) is 10.5 Å². The Morgan fingerprint density at radius 1 is 0.917 bits per heavy atom. The molecule has 12 heavy (non-hydrogen) atoms. The Bertz CT molecular complexity index is 360. The summed E-state index contributed by atoms with van der Waals surface area (Å²) in [5.74, 6) is -1.76. The summed E-state index contributed by atoms with van der Waals surface area (Å²) in [6.07, 6.45) is 0. The summed E-state index contributed by atoms with van der Waals surface area (Å²) in [7, 11) is 0. The minimum atomic E-state index is -0.879. The first-order chi connectivity index (χ1) is 5.70. The van der Waals surface area contributed by atoms with Crippen LogP contribution in [0.25, 0.3) is 0 Å². The van der Waals surface area contributed by atoms with Crippen LogP contribution in [0.5, 0.6) is 0 Å². The molecule has 0 aliphatic rings. The number of hydrogen-bond acceptors (Lipinski definition) is 2. The molecule has 58 valence electrons. The predicted octanol–water partition coefficient (Wildman–Crippen LogP) is 1.71. The largest absolute Gasteiger partial charge is 0.205 e. The highest BCUT2D eigenvalue weighted by molar-refractivity contribution is 5.46. The minimum Gasteiger partial charge on any atom is -0.205 e. The van der Waals surface area contributed by atoms with Crippen LogP contribution in [0, 0.1) is 34.3 Å². The third-order valence-corrected chi connectivity index (χ3v) is 1.33. The summed E-state index contributed by atoms with van der Waals surface area (Å²) in [4.78, 5) is 0. The molecule has 1 rings (SSSR count). The lowest BCUT2D eigenvalue weighted by Gasteiger charge is -1.96. The maximum atomic E-state index is 12.7. The molecule has 0 unspecified atom stereocenters. The topological polar surface area (TPSA) is 47.6 Å². The first-order valence-electron chi connectivity index (χ1n) is 2.99. The summed E-state index contributed by atoms with van der Waals surface area (Å²) >= 11 is 0. The van der Waals surface area contributed by atoms with Crippen molar-refractivity contribution in [2.45, 2.75) is 0 Å². The zero-order valence-electron chi connectivity index (χ0n) is 5.81. The lowest BCUT2D eigenvalue weighted by molar-refractivity contribution is 0.593. The van der Waals surface area contributed by atoms with Gasteiger partial charge in [0.2, 0.25) is 0 Å². The molecule has 0 heterocycles. The zero-order valence-corrected chi connectivity index (χ0v) is 5.81. The van der Waals surface area contributed by atoms with Crippen molar-refractivity contribution in [2.24, 2.45) is 0 Å². The van der Waals surface area contributed by atoms with E-state index in [1.165, 1.54) is 12.1 Å². The lowest BCUT2D eigenvalue weighted by Crippen LogP contribution is -1.93. The van der Waals surface area contributed by atoms with Gasteiger partial charge in [0.15, 0.2) is 0 Å². The van der Waals surface area contributed by atoms with E-state index >= 15 is 0 Å². The molecule has 0 spiro atoms. The standard InChI is InChI=1S/C8H2F2N2/c9-7-1-2-8(10)6(4-12)5(7)3-11/h1-2H. The molecule has 4 heteroatoms. The van der Waals surface area contributed by atoms with Crippen molar-refractivity contribution in [3.05, 3.63) is 34.9 Å². The van der Waals surface area contributed by atoms with Gasteiger partial charge in [0, 0.05) is 0 Å². The van der Waals surface area contributed by atoms with Crippen molar-refractivity contribution in [1.29, 1.82) is 10.5 Å². The number of rotatable bonds is 0. The summed E-state index contributed by atoms with van der Waals surface area (Å²) in [6.45, 7) is 0. The smallest absolute Gasteiger partial charge is 0.142 e. The van der Waals surface area contributed by atoms with Gasteiger partial charge in [0.05, 0.1) is 0 Å². The van der Waals surface area contributed by atoms with Gasteiger partial charge in [-0.05, 0) is 12.1 Å². The third kappa shape index (κ3) is 1.11. The van der Waals surface area contributed by atoms with Crippen LogP contribution in [-0.4, -0.2) is 0 Å². The molecule has 0 saturated heterocycles. The number of nitriles is 2. The van der Waals surface area contributed by atoms with Crippen LogP contribution in [0.2, 0.25) is 0 Å². The van der Waals surface area contributed by atoms with Crippen molar-refractivity contribution < 1.29 is 8.78 Å². The van der Waals surface area contributed by atoms with Crippen molar-refractivity contribution in [3.63, 3.8) is 0 Å². The highest BCUT2D eigenvalue weighted by Crippen LogP contribution is 2.14. The van der Waals surface area contributed by atoms with E-state index in [-0.39, 0.29) is 0 Å². The summed E-state index contributed by atoms with van der Waals surface area (Å²) in [5, 5.41) is 16.7. The Kier molecular flexibility index (Phi) is 2.02. The summed E-state index contributed by atoms with van der Waals surface area (Å²) < 4.78 is 25.4. The van der Waals surface area contributed by atoms with Gasteiger partial charge in [-0.25, -0.2) is 8.78 Å². The molecule has 0 saturated carbocycles. The van der Waals surface area contributed by atoms with Gasteiger partial charge >= 0.3 is 0 Å². The number of hydrogen-bond donors (Lipinski definition) is 0. The molecule has 0 aromatic heterocycles. The second-order valence-corrected chi connectivity index (χ2v) is 2.00. The molecule has 0 amide bonds. The van der Waals surface area contributed by atoms with E-state index < -0.39 is 22.8 Å². The van der Waals surface area contributed by atoms with Crippen LogP contribution >= 0.6 is 0 Å². The maximum Gasteiger partial charge on any atom is 0.142 e. The first-order valence-corrected chi connectivity index (χ1v) is 2.99. The molecule has 0 bridgehead atoms. The summed E-state index contributed by atoms with van der Waals surface area (Å²) in [6, 6.07) is 4.46. The Morgan fingerprint density at radius 3 is 1.50 bits per heavy atom. The molecule has 0 aliphatic heterocycles. The second kappa shape index (κ2) is 2.98. The predicted molar refractivity (Wildman–Crippen MR) is 35.8 cm³/mol. The molecule has 0 atom stereocenters. The Balaban J connectivity index is 3.55. The van der Waals surface area contributed by atoms with Crippen LogP contribution in [0.15, 0.2) is 12.1 Å². The average molecular weight is 164 g/mol. The van der Waals surface area contributed by atoms with Crippen LogP contribution in [0.1, 0.15) is 11.1 Å². The normalized spacial score (nSPS) is 8.67. The van der Waals surface area contributed by atoms with E-state index in [2.05, 4.69) is 0 Å². The first kappa shape index (κ1) is 8.16. The fraction of sp³-hybridized carbons (Fsp3) is 0. The van der Waals surface area contributed by atoms with Crippen LogP contribution < -0.4 is 0 Å². The Hall–Kier alpha value is -1.94. The van der Waals surface area contributed by atoms with Gasteiger partial charge in [-0.3, -0.25) is 0 Å². The van der Waals surface area contributed by atoms with Crippen molar-refractivity contribution in [1.82, 2.24) is 0 Å². The highest BCUT2D eigenvalue weighted by Gasteiger charge is 2.12. The Labute approximate surface area is 67.3 Å². The summed E-state index contributed by atoms with van der Waals surface area (Å²) in [5.41, 5.74) is -1.09. The van der Waals surface area contributed by atoms with E-state index in [0.717, 1.165) is 12.1 Å². The quantitative estimate of drug-likeness (QED) is 0.585. The zero-order chi connectivity index (χ0) is 9.14. The monoisotopic (exact) mass is 164 g/mol. The molecule has 1 aromatic rings. The number of benzene rings is 1. The molecular weight excluding hydrogens is 162 g/mol. The fourth-order valence-corrected chi connectivity index (χ4v) is 0.770. The van der Waals surface area contributed by atoms with E-state index in [0.29, 0.717) is 0 Å². The van der Waals surface area contributed by atoms with Gasteiger partial charge in [-0.15, -0.1) is 0 Å². The molecule has 0 aliphatic carbocycles. The Morgan fingerprint density at radius 2 is 1.25 bits per heavy atom.